The van der Waals surface area contributed by atoms with Gasteiger partial charge in [0.25, 0.3) is 11.8 Å². The number of benzene rings is 1. The molecule has 0 spiro atoms. The van der Waals surface area contributed by atoms with Gasteiger partial charge in [0.05, 0.1) is 21.7 Å². The van der Waals surface area contributed by atoms with Crippen molar-refractivity contribution in [2.45, 2.75) is 17.7 Å². The fraction of sp³-hybridized carbons (Fsp3) is 0.350. The third-order valence-corrected chi connectivity index (χ3v) is 7.57. The van der Waals surface area contributed by atoms with Crippen molar-refractivity contribution in [3.8, 4) is 0 Å². The van der Waals surface area contributed by atoms with Gasteiger partial charge in [0.15, 0.2) is 6.61 Å². The number of sulfonamides is 1. The van der Waals surface area contributed by atoms with Crippen molar-refractivity contribution in [2.24, 2.45) is 5.73 Å². The average molecular weight is 481 g/mol. The quantitative estimate of drug-likeness (QED) is 0.546. The molecule has 1 aliphatic rings. The number of primary amides is 1. The summed E-state index contributed by atoms with van der Waals surface area (Å²) >= 11 is 1.11. The van der Waals surface area contributed by atoms with Crippen LogP contribution in [0.5, 0.6) is 0 Å². The zero-order valence-corrected chi connectivity index (χ0v) is 19.3. The highest BCUT2D eigenvalue weighted by Gasteiger charge is 2.26. The first-order valence-corrected chi connectivity index (χ1v) is 12.1. The molecule has 3 rings (SSSR count). The summed E-state index contributed by atoms with van der Waals surface area (Å²) in [5.41, 5.74) is 6.04. The predicted octanol–water partition coefficient (Wildman–Crippen LogP) is 1.49. The van der Waals surface area contributed by atoms with Crippen molar-refractivity contribution in [1.82, 2.24) is 4.31 Å². The molecule has 0 saturated carbocycles. The maximum absolute atomic E-state index is 12.8. The maximum atomic E-state index is 12.8. The van der Waals surface area contributed by atoms with E-state index in [0.717, 1.165) is 41.6 Å². The van der Waals surface area contributed by atoms with Crippen LogP contribution >= 0.6 is 11.3 Å². The lowest BCUT2D eigenvalue weighted by Gasteiger charge is -2.22. The fourth-order valence-electron chi connectivity index (χ4n) is 3.26. The molecule has 1 aliphatic heterocycles. The molecule has 1 aromatic heterocycles. The smallest absolute Gasteiger partial charge is 0.340 e. The highest BCUT2D eigenvalue weighted by atomic mass is 32.2. The molecule has 0 atom stereocenters. The molecule has 3 N–H and O–H groups in total. The van der Waals surface area contributed by atoms with E-state index in [9.17, 15) is 22.8 Å². The van der Waals surface area contributed by atoms with Crippen LogP contribution < -0.4 is 16.0 Å². The molecule has 0 aliphatic carbocycles. The number of hydrogen-bond donors (Lipinski definition) is 2. The summed E-state index contributed by atoms with van der Waals surface area (Å²) < 4.78 is 31.3. The summed E-state index contributed by atoms with van der Waals surface area (Å²) in [5, 5.41) is 4.35. The van der Waals surface area contributed by atoms with Gasteiger partial charge in [-0.3, -0.25) is 9.59 Å². The molecular formula is C20H24N4O6S2. The molecule has 172 valence electrons. The second-order valence-corrected chi connectivity index (χ2v) is 10.4. The zero-order valence-electron chi connectivity index (χ0n) is 17.7. The van der Waals surface area contributed by atoms with E-state index in [-0.39, 0.29) is 21.0 Å². The molecule has 2 heterocycles. The second kappa shape index (κ2) is 9.67. The van der Waals surface area contributed by atoms with Crippen molar-refractivity contribution in [2.75, 3.05) is 44.0 Å². The molecule has 32 heavy (non-hydrogen) atoms. The number of thiophene rings is 1. The summed E-state index contributed by atoms with van der Waals surface area (Å²) in [6.45, 7) is 0.850. The van der Waals surface area contributed by atoms with Crippen molar-refractivity contribution in [3.05, 3.63) is 40.8 Å². The van der Waals surface area contributed by atoms with Gasteiger partial charge in [-0.1, -0.05) is 0 Å². The van der Waals surface area contributed by atoms with E-state index >= 15 is 0 Å². The number of nitrogens with one attached hydrogen (secondary N) is 1. The van der Waals surface area contributed by atoms with E-state index < -0.39 is 34.4 Å². The Morgan fingerprint density at radius 2 is 1.84 bits per heavy atom. The van der Waals surface area contributed by atoms with Crippen LogP contribution in [0.15, 0.2) is 34.5 Å². The van der Waals surface area contributed by atoms with Crippen molar-refractivity contribution in [3.63, 3.8) is 0 Å². The summed E-state index contributed by atoms with van der Waals surface area (Å²) in [5.74, 6) is -2.16. The standard InChI is InChI=1S/C20H24N4O6S2/c1-23(2)32(28,29)13-5-6-16(24-8-3-4-9-24)15(11-13)20(27)30-12-17(25)22-19-14(18(21)26)7-10-31-19/h5-7,10-11H,3-4,8-9,12H2,1-2H3,(H2,21,26)(H,22,25). The van der Waals surface area contributed by atoms with Crippen LogP contribution in [0.25, 0.3) is 0 Å². The number of amides is 2. The van der Waals surface area contributed by atoms with Gasteiger partial charge >= 0.3 is 5.97 Å². The molecule has 12 heteroatoms. The number of nitrogens with zero attached hydrogens (tertiary/aromatic N) is 2. The third-order valence-electron chi connectivity index (χ3n) is 4.93. The lowest BCUT2D eigenvalue weighted by atomic mass is 10.1. The van der Waals surface area contributed by atoms with Crippen molar-refractivity contribution >= 4 is 49.8 Å². The van der Waals surface area contributed by atoms with E-state index in [2.05, 4.69) is 5.32 Å². The minimum absolute atomic E-state index is 0.0495. The Morgan fingerprint density at radius 3 is 2.47 bits per heavy atom. The molecule has 2 amide bonds. The minimum atomic E-state index is -3.77. The minimum Gasteiger partial charge on any atom is -0.452 e. The van der Waals surface area contributed by atoms with E-state index in [4.69, 9.17) is 10.5 Å². The molecule has 1 saturated heterocycles. The molecular weight excluding hydrogens is 456 g/mol. The van der Waals surface area contributed by atoms with E-state index in [1.165, 1.54) is 32.3 Å². The first-order chi connectivity index (χ1) is 15.1. The highest BCUT2D eigenvalue weighted by molar-refractivity contribution is 7.89. The molecule has 0 radical (unpaired) electrons. The third kappa shape index (κ3) is 5.09. The molecule has 10 nitrogen and oxygen atoms in total. The van der Waals surface area contributed by atoms with Crippen LogP contribution in [-0.2, 0) is 19.6 Å². The molecule has 1 aromatic carbocycles. The van der Waals surface area contributed by atoms with Crippen molar-refractivity contribution < 1.29 is 27.5 Å². The van der Waals surface area contributed by atoms with Gasteiger partial charge in [-0.25, -0.2) is 17.5 Å². The molecule has 0 unspecified atom stereocenters. The highest BCUT2D eigenvalue weighted by Crippen LogP contribution is 2.29. The Labute approximate surface area is 190 Å². The Morgan fingerprint density at radius 1 is 1.16 bits per heavy atom. The zero-order chi connectivity index (χ0) is 23.5. The number of ether oxygens (including phenoxy) is 1. The van der Waals surface area contributed by atoms with Gasteiger partial charge in [0.2, 0.25) is 10.0 Å². The van der Waals surface area contributed by atoms with E-state index in [0.29, 0.717) is 5.69 Å². The number of carbonyl (C=O) groups excluding carboxylic acids is 3. The Balaban J connectivity index is 1.79. The fourth-order valence-corrected chi connectivity index (χ4v) is 4.99. The molecule has 2 aromatic rings. The predicted molar refractivity (Wildman–Crippen MR) is 121 cm³/mol. The van der Waals surface area contributed by atoms with Gasteiger partial charge in [-0.05, 0) is 42.5 Å². The van der Waals surface area contributed by atoms with Gasteiger partial charge < -0.3 is 20.7 Å². The lowest BCUT2D eigenvalue weighted by molar-refractivity contribution is -0.119. The van der Waals surface area contributed by atoms with Crippen LogP contribution in [0.3, 0.4) is 0 Å². The normalized spacial score (nSPS) is 13.9. The van der Waals surface area contributed by atoms with Gasteiger partial charge in [0.1, 0.15) is 5.00 Å². The van der Waals surface area contributed by atoms with Crippen LogP contribution in [-0.4, -0.2) is 64.3 Å². The van der Waals surface area contributed by atoms with Crippen LogP contribution in [0, 0.1) is 0 Å². The van der Waals surface area contributed by atoms with Crippen LogP contribution in [0.2, 0.25) is 0 Å². The number of esters is 1. The van der Waals surface area contributed by atoms with Gasteiger partial charge in [-0.2, -0.15) is 0 Å². The van der Waals surface area contributed by atoms with Crippen molar-refractivity contribution in [1.29, 1.82) is 0 Å². The summed E-state index contributed by atoms with van der Waals surface area (Å²) in [6, 6.07) is 5.79. The average Bonchev–Trinajstić information content (AvgIpc) is 3.43. The van der Waals surface area contributed by atoms with Crippen LogP contribution in [0.4, 0.5) is 10.7 Å². The summed E-state index contributed by atoms with van der Waals surface area (Å²) in [6.07, 6.45) is 1.91. The first-order valence-electron chi connectivity index (χ1n) is 9.77. The number of carbonyl (C=O) groups is 3. The lowest BCUT2D eigenvalue weighted by Crippen LogP contribution is -2.26. The maximum Gasteiger partial charge on any atom is 0.340 e. The summed E-state index contributed by atoms with van der Waals surface area (Å²) in [7, 11) is -0.967. The SMILES string of the molecule is CN(C)S(=O)(=O)c1ccc(N2CCCC2)c(C(=O)OCC(=O)Nc2sccc2C(N)=O)c1. The van der Waals surface area contributed by atoms with E-state index in [1.807, 2.05) is 4.90 Å². The first kappa shape index (κ1) is 23.7. The van der Waals surface area contributed by atoms with Gasteiger partial charge in [-0.15, -0.1) is 11.3 Å². The summed E-state index contributed by atoms with van der Waals surface area (Å²) in [4.78, 5) is 38.4. The largest absolute Gasteiger partial charge is 0.452 e. The van der Waals surface area contributed by atoms with Crippen LogP contribution in [0.1, 0.15) is 33.6 Å². The monoisotopic (exact) mass is 480 g/mol. The Bertz CT molecular complexity index is 1140. The number of anilines is 2. The molecule has 1 fully saturated rings. The Hall–Kier alpha value is -2.96. The van der Waals surface area contributed by atoms with E-state index in [1.54, 1.807) is 11.4 Å². The number of hydrogen-bond acceptors (Lipinski definition) is 8. The topological polar surface area (TPSA) is 139 Å². The molecule has 0 bridgehead atoms. The number of rotatable bonds is 8. The second-order valence-electron chi connectivity index (χ2n) is 7.31. The van der Waals surface area contributed by atoms with Gasteiger partial charge in [0, 0.05) is 27.2 Å². The Kier molecular flexibility index (Phi) is 7.16. The number of nitrogens with two attached hydrogens (primary N) is 1.